The van der Waals surface area contributed by atoms with Crippen molar-refractivity contribution in [1.82, 2.24) is 15.6 Å². The first-order valence-corrected chi connectivity index (χ1v) is 7.38. The van der Waals surface area contributed by atoms with Crippen LogP contribution in [0.3, 0.4) is 0 Å². The number of nitrogens with zero attached hydrogens (tertiary/aromatic N) is 1. The first-order chi connectivity index (χ1) is 9.83. The number of amides is 2. The fraction of sp³-hybridized carbons (Fsp3) is 0.615. The molecule has 0 spiro atoms. The molecule has 0 aliphatic heterocycles. The van der Waals surface area contributed by atoms with Crippen molar-refractivity contribution in [2.45, 2.75) is 39.3 Å². The number of nitrogens with one attached hydrogen (secondary N) is 2. The Morgan fingerprint density at radius 3 is 2.57 bits per heavy atom. The smallest absolute Gasteiger partial charge is 0.315 e. The molecule has 0 bridgehead atoms. The second-order valence-corrected chi connectivity index (χ2v) is 5.95. The molecule has 1 aromatic rings. The summed E-state index contributed by atoms with van der Waals surface area (Å²) in [6.07, 6.45) is -0.699. The number of aryl methyl sites for hydroxylation is 2. The molecule has 7 nitrogen and oxygen atoms in total. The van der Waals surface area contributed by atoms with E-state index in [1.165, 1.54) is 7.11 Å². The quantitative estimate of drug-likeness (QED) is 0.709. The first-order valence-electron chi connectivity index (χ1n) is 6.56. The minimum Gasteiger partial charge on any atom is -0.481 e. The molecule has 0 aromatic carbocycles. The molecule has 2 unspecified atom stereocenters. The Morgan fingerprint density at radius 1 is 1.43 bits per heavy atom. The van der Waals surface area contributed by atoms with E-state index in [2.05, 4.69) is 15.6 Å². The second-order valence-electron chi connectivity index (χ2n) is 4.71. The van der Waals surface area contributed by atoms with Gasteiger partial charge in [0.2, 0.25) is 0 Å². The fourth-order valence-electron chi connectivity index (χ4n) is 1.90. The van der Waals surface area contributed by atoms with Crippen molar-refractivity contribution in [3.8, 4) is 0 Å². The van der Waals surface area contributed by atoms with Gasteiger partial charge in [-0.05, 0) is 20.8 Å². The van der Waals surface area contributed by atoms with E-state index in [4.69, 9.17) is 9.84 Å². The Labute approximate surface area is 127 Å². The first kappa shape index (κ1) is 17.4. The largest absolute Gasteiger partial charge is 0.481 e. The number of hydrogen-bond donors (Lipinski definition) is 3. The molecule has 8 heteroatoms. The molecule has 3 N–H and O–H groups in total. The van der Waals surface area contributed by atoms with Gasteiger partial charge >= 0.3 is 12.0 Å². The highest BCUT2D eigenvalue weighted by molar-refractivity contribution is 7.11. The van der Waals surface area contributed by atoms with Crippen LogP contribution in [-0.4, -0.2) is 41.8 Å². The van der Waals surface area contributed by atoms with Gasteiger partial charge in [0.1, 0.15) is 0 Å². The third-order valence-corrected chi connectivity index (χ3v) is 4.16. The van der Waals surface area contributed by atoms with Gasteiger partial charge in [-0.25, -0.2) is 9.78 Å². The van der Waals surface area contributed by atoms with E-state index in [-0.39, 0.29) is 25.0 Å². The molecule has 2 amide bonds. The van der Waals surface area contributed by atoms with Crippen molar-refractivity contribution in [1.29, 1.82) is 0 Å². The molecular formula is C13H21N3O4S. The van der Waals surface area contributed by atoms with Gasteiger partial charge < -0.3 is 20.5 Å². The maximum absolute atomic E-state index is 11.8. The lowest BCUT2D eigenvalue weighted by atomic mass is 10.2. The summed E-state index contributed by atoms with van der Waals surface area (Å²) in [5, 5.41) is 15.1. The minimum absolute atomic E-state index is 0.141. The van der Waals surface area contributed by atoms with Crippen LogP contribution in [0.1, 0.15) is 35.0 Å². The van der Waals surface area contributed by atoms with Crippen LogP contribution in [0.2, 0.25) is 0 Å². The predicted octanol–water partition coefficient (Wildman–Crippen LogP) is 1.61. The molecule has 0 fully saturated rings. The Bertz CT molecular complexity index is 504. The van der Waals surface area contributed by atoms with Crippen LogP contribution >= 0.6 is 11.3 Å². The summed E-state index contributed by atoms with van der Waals surface area (Å²) in [6.45, 7) is 5.85. The third kappa shape index (κ3) is 5.68. The lowest BCUT2D eigenvalue weighted by molar-refractivity contribution is -0.139. The van der Waals surface area contributed by atoms with E-state index < -0.39 is 12.1 Å². The van der Waals surface area contributed by atoms with Gasteiger partial charge in [-0.15, -0.1) is 11.3 Å². The molecule has 0 saturated heterocycles. The van der Waals surface area contributed by atoms with E-state index >= 15 is 0 Å². The van der Waals surface area contributed by atoms with Gasteiger partial charge in [0.05, 0.1) is 29.3 Å². The van der Waals surface area contributed by atoms with Crippen molar-refractivity contribution >= 4 is 23.3 Å². The van der Waals surface area contributed by atoms with Crippen LogP contribution < -0.4 is 10.6 Å². The van der Waals surface area contributed by atoms with E-state index in [9.17, 15) is 9.59 Å². The van der Waals surface area contributed by atoms with Gasteiger partial charge in [0.15, 0.2) is 0 Å². The molecule has 118 valence electrons. The second kappa shape index (κ2) is 7.94. The average molecular weight is 315 g/mol. The number of aromatic nitrogens is 1. The number of methoxy groups -OCH3 is 1. The van der Waals surface area contributed by atoms with Gasteiger partial charge in [0, 0.05) is 18.5 Å². The molecule has 1 heterocycles. The predicted molar refractivity (Wildman–Crippen MR) is 79.6 cm³/mol. The Hall–Kier alpha value is -1.67. The number of urea groups is 1. The molecule has 0 aliphatic carbocycles. The van der Waals surface area contributed by atoms with Crippen LogP contribution in [0.4, 0.5) is 4.79 Å². The Balaban J connectivity index is 2.46. The number of carbonyl (C=O) groups excluding carboxylic acids is 1. The van der Waals surface area contributed by atoms with Crippen molar-refractivity contribution < 1.29 is 19.4 Å². The number of aliphatic carboxylic acids is 1. The van der Waals surface area contributed by atoms with Gasteiger partial charge in [-0.3, -0.25) is 4.79 Å². The highest BCUT2D eigenvalue weighted by Gasteiger charge is 2.17. The van der Waals surface area contributed by atoms with Crippen LogP contribution in [0.15, 0.2) is 0 Å². The van der Waals surface area contributed by atoms with Crippen LogP contribution in [0.25, 0.3) is 0 Å². The molecule has 1 rings (SSSR count). The summed E-state index contributed by atoms with van der Waals surface area (Å²) >= 11 is 1.55. The maximum atomic E-state index is 11.8. The molecule has 0 saturated carbocycles. The number of carbonyl (C=O) groups is 2. The summed E-state index contributed by atoms with van der Waals surface area (Å²) in [6, 6.07) is -0.517. The summed E-state index contributed by atoms with van der Waals surface area (Å²) < 4.78 is 4.99. The minimum atomic E-state index is -0.965. The Morgan fingerprint density at radius 2 is 2.10 bits per heavy atom. The number of rotatable bonds is 7. The molecule has 0 aliphatic rings. The van der Waals surface area contributed by atoms with Gasteiger partial charge in [0.25, 0.3) is 0 Å². The van der Waals surface area contributed by atoms with E-state index in [1.807, 2.05) is 20.8 Å². The number of carboxylic acid groups (broad SMARTS) is 1. The van der Waals surface area contributed by atoms with Crippen molar-refractivity contribution in [2.24, 2.45) is 0 Å². The number of thiazole rings is 1. The van der Waals surface area contributed by atoms with Crippen molar-refractivity contribution in [3.05, 3.63) is 15.6 Å². The van der Waals surface area contributed by atoms with Crippen LogP contribution in [0, 0.1) is 13.8 Å². The van der Waals surface area contributed by atoms with Crippen LogP contribution in [0.5, 0.6) is 0 Å². The lowest BCUT2D eigenvalue weighted by Gasteiger charge is -2.17. The summed E-state index contributed by atoms with van der Waals surface area (Å²) in [5.41, 5.74) is 0.908. The zero-order valence-corrected chi connectivity index (χ0v) is 13.4. The van der Waals surface area contributed by atoms with E-state index in [0.717, 1.165) is 15.6 Å². The van der Waals surface area contributed by atoms with Crippen LogP contribution in [-0.2, 0) is 9.53 Å². The topological polar surface area (TPSA) is 101 Å². The lowest BCUT2D eigenvalue weighted by Crippen LogP contribution is -2.41. The standard InChI is InChI=1S/C13H21N3O4S/c1-7-12(21-9(3)15-7)8(2)16-13(19)14-6-10(20-4)5-11(17)18/h8,10H,5-6H2,1-4H3,(H,17,18)(H2,14,16,19). The summed E-state index contributed by atoms with van der Waals surface area (Å²) in [5.74, 6) is -0.965. The summed E-state index contributed by atoms with van der Waals surface area (Å²) in [4.78, 5) is 27.7. The van der Waals surface area contributed by atoms with Crippen molar-refractivity contribution in [3.63, 3.8) is 0 Å². The highest BCUT2D eigenvalue weighted by atomic mass is 32.1. The fourth-order valence-corrected chi connectivity index (χ4v) is 2.83. The van der Waals surface area contributed by atoms with E-state index in [1.54, 1.807) is 11.3 Å². The number of ether oxygens (including phenoxy) is 1. The molecule has 2 atom stereocenters. The number of carboxylic acids is 1. The molecule has 21 heavy (non-hydrogen) atoms. The molecular weight excluding hydrogens is 294 g/mol. The maximum Gasteiger partial charge on any atom is 0.315 e. The third-order valence-electron chi connectivity index (χ3n) is 2.91. The zero-order valence-electron chi connectivity index (χ0n) is 12.6. The normalized spacial score (nSPS) is 13.5. The highest BCUT2D eigenvalue weighted by Crippen LogP contribution is 2.24. The van der Waals surface area contributed by atoms with Gasteiger partial charge in [-0.2, -0.15) is 0 Å². The zero-order chi connectivity index (χ0) is 16.0. The van der Waals surface area contributed by atoms with E-state index in [0.29, 0.717) is 0 Å². The number of hydrogen-bond acceptors (Lipinski definition) is 5. The molecule has 0 radical (unpaired) electrons. The van der Waals surface area contributed by atoms with Crippen molar-refractivity contribution in [2.75, 3.05) is 13.7 Å². The Kier molecular flexibility index (Phi) is 6.57. The average Bonchev–Trinajstić information content (AvgIpc) is 2.73. The summed E-state index contributed by atoms with van der Waals surface area (Å²) in [7, 11) is 1.42. The van der Waals surface area contributed by atoms with Gasteiger partial charge in [-0.1, -0.05) is 0 Å². The SMILES string of the molecule is COC(CNC(=O)NC(C)c1sc(C)nc1C)CC(=O)O. The monoisotopic (exact) mass is 315 g/mol. The molecule has 1 aromatic heterocycles.